The Morgan fingerprint density at radius 2 is 2.24 bits per heavy atom. The van der Waals surface area contributed by atoms with Gasteiger partial charge in [0.25, 0.3) is 0 Å². The van der Waals surface area contributed by atoms with Gasteiger partial charge in [0.15, 0.2) is 0 Å². The lowest BCUT2D eigenvalue weighted by Crippen LogP contribution is -2.54. The molecule has 21 heavy (non-hydrogen) atoms. The highest BCUT2D eigenvalue weighted by Crippen LogP contribution is 2.50. The van der Waals surface area contributed by atoms with E-state index in [1.54, 1.807) is 7.11 Å². The zero-order chi connectivity index (χ0) is 15.0. The molecule has 0 aromatic heterocycles. The molecule has 3 rings (SSSR count). The molecule has 4 heteroatoms. The van der Waals surface area contributed by atoms with Gasteiger partial charge in [0.05, 0.1) is 7.11 Å². The second-order valence-electron chi connectivity index (χ2n) is 6.46. The Kier molecular flexibility index (Phi) is 3.93. The molecule has 116 valence electrons. The van der Waals surface area contributed by atoms with E-state index in [0.717, 1.165) is 43.2 Å². The zero-order valence-corrected chi connectivity index (χ0v) is 12.8. The fourth-order valence-corrected chi connectivity index (χ4v) is 4.60. The van der Waals surface area contributed by atoms with Crippen LogP contribution in [0.2, 0.25) is 0 Å². The molecular formula is C17H24FNO2. The lowest BCUT2D eigenvalue weighted by atomic mass is 9.60. The van der Waals surface area contributed by atoms with Crippen molar-refractivity contribution in [2.45, 2.75) is 56.9 Å². The van der Waals surface area contributed by atoms with E-state index in [2.05, 4.69) is 12.4 Å². The minimum atomic E-state index is -0.196. The molecule has 2 N–H and O–H groups in total. The van der Waals surface area contributed by atoms with Crippen molar-refractivity contribution < 1.29 is 14.3 Å². The third kappa shape index (κ3) is 2.16. The van der Waals surface area contributed by atoms with Gasteiger partial charge < -0.3 is 9.94 Å². The molecule has 3 atom stereocenters. The Morgan fingerprint density at radius 3 is 2.90 bits per heavy atom. The zero-order valence-electron chi connectivity index (χ0n) is 12.8. The number of nitrogens with one attached hydrogen (secondary N) is 1. The maximum absolute atomic E-state index is 14.5. The molecule has 0 amide bonds. The molecule has 1 saturated carbocycles. The minimum absolute atomic E-state index is 0.00371. The molecule has 1 aromatic carbocycles. The highest BCUT2D eigenvalue weighted by atomic mass is 19.1. The van der Waals surface area contributed by atoms with Gasteiger partial charge in [0.2, 0.25) is 0 Å². The molecule has 0 aliphatic heterocycles. The highest BCUT2D eigenvalue weighted by Gasteiger charge is 2.49. The second kappa shape index (κ2) is 5.58. The summed E-state index contributed by atoms with van der Waals surface area (Å²) >= 11 is 0. The molecular weight excluding hydrogens is 269 g/mol. The molecule has 0 spiro atoms. The van der Waals surface area contributed by atoms with Crippen LogP contribution in [0.5, 0.6) is 5.75 Å². The van der Waals surface area contributed by atoms with Crippen molar-refractivity contribution in [2.24, 2.45) is 5.92 Å². The lowest BCUT2D eigenvalue weighted by molar-refractivity contribution is 0.0404. The van der Waals surface area contributed by atoms with Crippen molar-refractivity contribution >= 4 is 0 Å². The van der Waals surface area contributed by atoms with E-state index in [9.17, 15) is 9.60 Å². The Morgan fingerprint density at radius 1 is 1.43 bits per heavy atom. The van der Waals surface area contributed by atoms with Crippen LogP contribution in [0.3, 0.4) is 0 Å². The number of hydrogen-bond donors (Lipinski definition) is 2. The molecule has 0 heterocycles. The van der Waals surface area contributed by atoms with Crippen molar-refractivity contribution in [3.8, 4) is 5.75 Å². The van der Waals surface area contributed by atoms with Gasteiger partial charge in [-0.2, -0.15) is 0 Å². The van der Waals surface area contributed by atoms with E-state index in [-0.39, 0.29) is 17.3 Å². The summed E-state index contributed by atoms with van der Waals surface area (Å²) in [5.74, 6) is 0.705. The van der Waals surface area contributed by atoms with Crippen LogP contribution in [0.1, 0.15) is 50.2 Å². The number of rotatable bonds is 3. The van der Waals surface area contributed by atoms with E-state index < -0.39 is 0 Å². The van der Waals surface area contributed by atoms with Crippen LogP contribution in [0.25, 0.3) is 0 Å². The summed E-state index contributed by atoms with van der Waals surface area (Å²) < 4.78 is 19.8. The van der Waals surface area contributed by atoms with Crippen LogP contribution in [0, 0.1) is 11.7 Å². The number of fused-ring (bicyclic) bond motifs is 4. The second-order valence-corrected chi connectivity index (χ2v) is 6.46. The van der Waals surface area contributed by atoms with Crippen LogP contribution in [0.15, 0.2) is 12.1 Å². The van der Waals surface area contributed by atoms with Gasteiger partial charge in [-0.25, -0.2) is 9.87 Å². The molecule has 0 saturated heterocycles. The molecule has 1 fully saturated rings. The first-order chi connectivity index (χ1) is 10.2. The van der Waals surface area contributed by atoms with Crippen LogP contribution in [-0.4, -0.2) is 18.4 Å². The normalized spacial score (nSPS) is 31.4. The average molecular weight is 293 g/mol. The third-order valence-corrected chi connectivity index (χ3v) is 5.69. The van der Waals surface area contributed by atoms with Gasteiger partial charge in [-0.05, 0) is 48.8 Å². The Hall–Kier alpha value is -1.13. The minimum Gasteiger partial charge on any atom is -0.497 e. The van der Waals surface area contributed by atoms with Crippen LogP contribution >= 0.6 is 0 Å². The summed E-state index contributed by atoms with van der Waals surface area (Å²) in [4.78, 5) is 0. The summed E-state index contributed by atoms with van der Waals surface area (Å²) in [5, 5.41) is 9.76. The number of hydroxylamine groups is 1. The predicted molar refractivity (Wildman–Crippen MR) is 79.3 cm³/mol. The van der Waals surface area contributed by atoms with Gasteiger partial charge in [0, 0.05) is 17.5 Å². The van der Waals surface area contributed by atoms with Crippen molar-refractivity contribution in [2.75, 3.05) is 7.11 Å². The molecule has 2 bridgehead atoms. The lowest BCUT2D eigenvalue weighted by Gasteiger charge is -2.47. The van der Waals surface area contributed by atoms with Gasteiger partial charge in [-0.15, -0.1) is 0 Å². The molecule has 2 aliphatic carbocycles. The highest BCUT2D eigenvalue weighted by molar-refractivity contribution is 5.46. The number of hydrogen-bond acceptors (Lipinski definition) is 3. The van der Waals surface area contributed by atoms with Gasteiger partial charge in [-0.1, -0.05) is 19.8 Å². The largest absolute Gasteiger partial charge is 0.497 e. The van der Waals surface area contributed by atoms with Gasteiger partial charge in [-0.3, -0.25) is 0 Å². The molecule has 3 unspecified atom stereocenters. The van der Waals surface area contributed by atoms with Gasteiger partial charge in [0.1, 0.15) is 11.6 Å². The maximum Gasteiger partial charge on any atom is 0.130 e. The van der Waals surface area contributed by atoms with Crippen molar-refractivity contribution in [3.05, 3.63) is 29.1 Å². The first kappa shape index (κ1) is 14.8. The summed E-state index contributed by atoms with van der Waals surface area (Å²) in [6.45, 7) is 2.14. The van der Waals surface area contributed by atoms with E-state index in [1.165, 1.54) is 6.07 Å². The molecule has 2 aliphatic rings. The number of ether oxygens (including phenoxy) is 1. The van der Waals surface area contributed by atoms with E-state index in [1.807, 2.05) is 6.07 Å². The summed E-state index contributed by atoms with van der Waals surface area (Å²) in [6, 6.07) is 3.47. The fourth-order valence-electron chi connectivity index (χ4n) is 4.60. The third-order valence-electron chi connectivity index (χ3n) is 5.69. The van der Waals surface area contributed by atoms with E-state index in [0.29, 0.717) is 18.1 Å². The Balaban J connectivity index is 2.22. The summed E-state index contributed by atoms with van der Waals surface area (Å²) in [6.07, 6.45) is 5.90. The quantitative estimate of drug-likeness (QED) is 0.837. The molecule has 3 nitrogen and oxygen atoms in total. The van der Waals surface area contributed by atoms with E-state index >= 15 is 0 Å². The first-order valence-electron chi connectivity index (χ1n) is 7.92. The average Bonchev–Trinajstić information content (AvgIpc) is 2.63. The standard InChI is InChI=1S/C17H24FNO2/c1-3-17-7-5-4-6-11(16(17)19-20)8-13-14(17)9-12(21-2)10-15(13)18/h9-11,16,19-20H,3-8H2,1-2H3. The van der Waals surface area contributed by atoms with Gasteiger partial charge >= 0.3 is 0 Å². The van der Waals surface area contributed by atoms with Crippen molar-refractivity contribution in [1.29, 1.82) is 0 Å². The fraction of sp³-hybridized carbons (Fsp3) is 0.647. The Labute approximate surface area is 125 Å². The SMILES string of the molecule is CCC12CCCCC(Cc3c(F)cc(OC)cc31)C2NO. The first-order valence-corrected chi connectivity index (χ1v) is 7.92. The monoisotopic (exact) mass is 293 g/mol. The number of methoxy groups -OCH3 is 1. The van der Waals surface area contributed by atoms with Crippen LogP contribution in [0.4, 0.5) is 4.39 Å². The van der Waals surface area contributed by atoms with Crippen LogP contribution < -0.4 is 10.2 Å². The van der Waals surface area contributed by atoms with E-state index in [4.69, 9.17) is 4.74 Å². The molecule has 0 radical (unpaired) electrons. The number of benzene rings is 1. The maximum atomic E-state index is 14.5. The summed E-state index contributed by atoms with van der Waals surface area (Å²) in [7, 11) is 1.57. The predicted octanol–water partition coefficient (Wildman–Crippen LogP) is 3.58. The van der Waals surface area contributed by atoms with Crippen molar-refractivity contribution in [1.82, 2.24) is 5.48 Å². The van der Waals surface area contributed by atoms with Crippen molar-refractivity contribution in [3.63, 3.8) is 0 Å². The molecule has 1 aromatic rings. The topological polar surface area (TPSA) is 41.5 Å². The number of halogens is 1. The van der Waals surface area contributed by atoms with Crippen LogP contribution in [-0.2, 0) is 11.8 Å². The smallest absolute Gasteiger partial charge is 0.130 e. The Bertz CT molecular complexity index is 534. The summed E-state index contributed by atoms with van der Waals surface area (Å²) in [5.41, 5.74) is 4.24.